The van der Waals surface area contributed by atoms with Crippen LogP contribution in [0.25, 0.3) is 0 Å². The van der Waals surface area contributed by atoms with Crippen LogP contribution in [0.2, 0.25) is 0 Å². The van der Waals surface area contributed by atoms with Crippen LogP contribution in [-0.4, -0.2) is 41.2 Å². The highest BCUT2D eigenvalue weighted by Crippen LogP contribution is 2.24. The summed E-state index contributed by atoms with van der Waals surface area (Å²) in [5, 5.41) is 2.95. The van der Waals surface area contributed by atoms with Crippen LogP contribution < -0.4 is 15.0 Å². The average Bonchev–Trinajstić information content (AvgIpc) is 2.35. The van der Waals surface area contributed by atoms with Gasteiger partial charge in [0.15, 0.2) is 0 Å². The molecule has 1 N–H and O–H groups in total. The predicted octanol–water partition coefficient (Wildman–Crippen LogP) is 1.69. The van der Waals surface area contributed by atoms with Crippen LogP contribution in [0.1, 0.15) is 33.1 Å². The first-order valence-electron chi connectivity index (χ1n) is 6.62. The van der Waals surface area contributed by atoms with Gasteiger partial charge in [0.25, 0.3) is 0 Å². The molecule has 0 aromatic carbocycles. The lowest BCUT2D eigenvalue weighted by Gasteiger charge is -2.26. The Morgan fingerprint density at radius 1 is 1.22 bits per heavy atom. The highest BCUT2D eigenvalue weighted by Gasteiger charge is 2.21. The molecule has 0 amide bonds. The molecule has 18 heavy (non-hydrogen) atoms. The Balaban J connectivity index is 2.19. The molecule has 1 saturated carbocycles. The first-order chi connectivity index (χ1) is 8.76. The Hall–Kier alpha value is -1.59. The van der Waals surface area contributed by atoms with E-state index in [4.69, 9.17) is 4.74 Å². The van der Waals surface area contributed by atoms with Crippen molar-refractivity contribution in [2.75, 3.05) is 30.4 Å². The van der Waals surface area contributed by atoms with E-state index in [1.807, 2.05) is 0 Å². The third-order valence-corrected chi connectivity index (χ3v) is 3.20. The maximum absolute atomic E-state index is 5.74. The molecule has 1 heterocycles. The number of hydrogen-bond donors (Lipinski definition) is 1. The molecule has 0 saturated heterocycles. The standard InChI is InChI=1S/C12H21N5O/c1-4-17(5-2)11-14-10(13-3)15-12(16-11)18-9-7-6-8-9/h9H,4-8H2,1-3H3,(H,13,14,15,16). The molecule has 0 spiro atoms. The Bertz CT molecular complexity index is 390. The monoisotopic (exact) mass is 251 g/mol. The van der Waals surface area contributed by atoms with E-state index in [2.05, 4.69) is 39.0 Å². The van der Waals surface area contributed by atoms with Crippen molar-refractivity contribution in [3.8, 4) is 6.01 Å². The van der Waals surface area contributed by atoms with Crippen molar-refractivity contribution in [3.05, 3.63) is 0 Å². The van der Waals surface area contributed by atoms with Crippen molar-refractivity contribution in [1.29, 1.82) is 0 Å². The fourth-order valence-electron chi connectivity index (χ4n) is 1.80. The molecule has 1 aromatic heterocycles. The van der Waals surface area contributed by atoms with Gasteiger partial charge in [0.2, 0.25) is 11.9 Å². The average molecular weight is 251 g/mol. The van der Waals surface area contributed by atoms with Gasteiger partial charge in [-0.15, -0.1) is 0 Å². The van der Waals surface area contributed by atoms with Gasteiger partial charge in [-0.3, -0.25) is 0 Å². The van der Waals surface area contributed by atoms with Crippen LogP contribution in [0.3, 0.4) is 0 Å². The first-order valence-corrected chi connectivity index (χ1v) is 6.62. The molecule has 1 aliphatic rings. The molecule has 6 nitrogen and oxygen atoms in total. The molecular formula is C12H21N5O. The third kappa shape index (κ3) is 2.80. The minimum absolute atomic E-state index is 0.279. The molecule has 100 valence electrons. The zero-order valence-corrected chi connectivity index (χ0v) is 11.3. The lowest BCUT2D eigenvalue weighted by molar-refractivity contribution is 0.108. The summed E-state index contributed by atoms with van der Waals surface area (Å²) in [6, 6.07) is 0.431. The minimum atomic E-state index is 0.279. The van der Waals surface area contributed by atoms with E-state index in [9.17, 15) is 0 Å². The molecule has 2 rings (SSSR count). The molecule has 1 aromatic rings. The molecule has 0 aliphatic heterocycles. The fraction of sp³-hybridized carbons (Fsp3) is 0.750. The normalized spacial score (nSPS) is 15.1. The lowest BCUT2D eigenvalue weighted by atomic mass is 9.96. The van der Waals surface area contributed by atoms with Gasteiger partial charge < -0.3 is 15.0 Å². The topological polar surface area (TPSA) is 63.2 Å². The highest BCUT2D eigenvalue weighted by molar-refractivity contribution is 5.37. The summed E-state index contributed by atoms with van der Waals surface area (Å²) in [5.74, 6) is 1.23. The highest BCUT2D eigenvalue weighted by atomic mass is 16.5. The summed E-state index contributed by atoms with van der Waals surface area (Å²) in [5.41, 5.74) is 0. The Morgan fingerprint density at radius 2 is 1.94 bits per heavy atom. The minimum Gasteiger partial charge on any atom is -0.460 e. The van der Waals surface area contributed by atoms with Crippen LogP contribution in [0, 0.1) is 0 Å². The first kappa shape index (κ1) is 12.9. The second kappa shape index (κ2) is 5.84. The second-order valence-corrected chi connectivity index (χ2v) is 4.33. The quantitative estimate of drug-likeness (QED) is 0.830. The van der Waals surface area contributed by atoms with Gasteiger partial charge >= 0.3 is 6.01 Å². The zero-order chi connectivity index (χ0) is 13.0. The van der Waals surface area contributed by atoms with E-state index < -0.39 is 0 Å². The van der Waals surface area contributed by atoms with Crippen molar-refractivity contribution in [1.82, 2.24) is 15.0 Å². The van der Waals surface area contributed by atoms with Crippen molar-refractivity contribution in [2.24, 2.45) is 0 Å². The van der Waals surface area contributed by atoms with E-state index in [-0.39, 0.29) is 6.10 Å². The van der Waals surface area contributed by atoms with E-state index in [1.54, 1.807) is 7.05 Å². The number of ether oxygens (including phenoxy) is 1. The summed E-state index contributed by atoms with van der Waals surface area (Å²) in [7, 11) is 1.80. The number of anilines is 2. The zero-order valence-electron chi connectivity index (χ0n) is 11.3. The number of nitrogens with one attached hydrogen (secondary N) is 1. The van der Waals surface area contributed by atoms with Crippen LogP contribution in [0.5, 0.6) is 6.01 Å². The fourth-order valence-corrected chi connectivity index (χ4v) is 1.80. The van der Waals surface area contributed by atoms with Gasteiger partial charge in [-0.05, 0) is 33.1 Å². The molecule has 1 aliphatic carbocycles. The van der Waals surface area contributed by atoms with Gasteiger partial charge in [-0.25, -0.2) is 0 Å². The molecule has 0 unspecified atom stereocenters. The summed E-state index contributed by atoms with van der Waals surface area (Å²) in [6.07, 6.45) is 3.71. The van der Waals surface area contributed by atoms with Crippen molar-refractivity contribution < 1.29 is 4.74 Å². The summed E-state index contributed by atoms with van der Waals surface area (Å²) in [6.45, 7) is 5.90. The summed E-state index contributed by atoms with van der Waals surface area (Å²) in [4.78, 5) is 15.1. The van der Waals surface area contributed by atoms with Crippen LogP contribution in [0.15, 0.2) is 0 Å². The molecule has 0 atom stereocenters. The third-order valence-electron chi connectivity index (χ3n) is 3.20. The van der Waals surface area contributed by atoms with Crippen molar-refractivity contribution in [3.63, 3.8) is 0 Å². The lowest BCUT2D eigenvalue weighted by Crippen LogP contribution is -2.28. The summed E-state index contributed by atoms with van der Waals surface area (Å²) < 4.78 is 5.74. The SMILES string of the molecule is CCN(CC)c1nc(NC)nc(OC2CCC2)n1. The number of hydrogen-bond acceptors (Lipinski definition) is 6. The van der Waals surface area contributed by atoms with Gasteiger partial charge in [0.1, 0.15) is 6.10 Å². The maximum Gasteiger partial charge on any atom is 0.323 e. The van der Waals surface area contributed by atoms with Crippen LogP contribution >= 0.6 is 0 Å². The molecule has 0 bridgehead atoms. The number of nitrogens with zero attached hydrogens (tertiary/aromatic N) is 4. The Morgan fingerprint density at radius 3 is 2.44 bits per heavy atom. The predicted molar refractivity (Wildman–Crippen MR) is 71.2 cm³/mol. The number of rotatable bonds is 6. The molecule has 0 radical (unpaired) electrons. The van der Waals surface area contributed by atoms with Gasteiger partial charge in [-0.1, -0.05) is 0 Å². The van der Waals surface area contributed by atoms with Crippen molar-refractivity contribution >= 4 is 11.9 Å². The van der Waals surface area contributed by atoms with E-state index >= 15 is 0 Å². The van der Waals surface area contributed by atoms with Gasteiger partial charge in [0.05, 0.1) is 0 Å². The molecule has 1 fully saturated rings. The summed E-state index contributed by atoms with van der Waals surface area (Å²) >= 11 is 0. The second-order valence-electron chi connectivity index (χ2n) is 4.33. The van der Waals surface area contributed by atoms with Crippen molar-refractivity contribution in [2.45, 2.75) is 39.2 Å². The van der Waals surface area contributed by atoms with Gasteiger partial charge in [-0.2, -0.15) is 15.0 Å². The Labute approximate surface area is 108 Å². The van der Waals surface area contributed by atoms with Crippen LogP contribution in [-0.2, 0) is 0 Å². The smallest absolute Gasteiger partial charge is 0.323 e. The van der Waals surface area contributed by atoms with E-state index in [0.29, 0.717) is 17.9 Å². The largest absolute Gasteiger partial charge is 0.460 e. The van der Waals surface area contributed by atoms with Crippen LogP contribution in [0.4, 0.5) is 11.9 Å². The van der Waals surface area contributed by atoms with E-state index in [1.165, 1.54) is 6.42 Å². The number of aromatic nitrogens is 3. The maximum atomic E-state index is 5.74. The Kier molecular flexibility index (Phi) is 4.17. The molecular weight excluding hydrogens is 230 g/mol. The van der Waals surface area contributed by atoms with Gasteiger partial charge in [0, 0.05) is 20.1 Å². The molecule has 6 heteroatoms. The van der Waals surface area contributed by atoms with E-state index in [0.717, 1.165) is 25.9 Å².